The average Bonchev–Trinajstić information content (AvgIpc) is 2.97. The number of aromatic nitrogens is 3. The van der Waals surface area contributed by atoms with Gasteiger partial charge < -0.3 is 5.32 Å². The molecule has 0 spiro atoms. The van der Waals surface area contributed by atoms with E-state index in [1.807, 2.05) is 12.4 Å². The van der Waals surface area contributed by atoms with Gasteiger partial charge in [0.15, 0.2) is 0 Å². The maximum Gasteiger partial charge on any atom is 0.138 e. The maximum atomic E-state index is 4.62. The van der Waals surface area contributed by atoms with Crippen LogP contribution in [-0.4, -0.2) is 21.5 Å². The molecule has 21 heavy (non-hydrogen) atoms. The molecule has 0 bridgehead atoms. The van der Waals surface area contributed by atoms with Gasteiger partial charge in [-0.15, -0.1) is 11.3 Å². The molecular weight excluding hydrogens is 280 g/mol. The summed E-state index contributed by atoms with van der Waals surface area (Å²) < 4.78 is 0. The van der Waals surface area contributed by atoms with E-state index in [2.05, 4.69) is 51.6 Å². The quantitative estimate of drug-likeness (QED) is 0.781. The summed E-state index contributed by atoms with van der Waals surface area (Å²) in [5, 5.41) is 6.64. The van der Waals surface area contributed by atoms with E-state index in [0.717, 1.165) is 41.2 Å². The average molecular weight is 298 g/mol. The summed E-state index contributed by atoms with van der Waals surface area (Å²) in [6, 6.07) is 4.16. The number of nitrogens with one attached hydrogen (secondary N) is 1. The van der Waals surface area contributed by atoms with Gasteiger partial charge in [-0.25, -0.2) is 9.97 Å². The lowest BCUT2D eigenvalue weighted by atomic mass is 10.1. The highest BCUT2D eigenvalue weighted by atomic mass is 32.1. The molecule has 0 amide bonds. The molecule has 3 aromatic rings. The smallest absolute Gasteiger partial charge is 0.138 e. The van der Waals surface area contributed by atoms with Crippen molar-refractivity contribution in [2.45, 2.75) is 26.7 Å². The SMILES string of the molecule is CCc1nc(NCCc2ccncc2C)c2ccsc2n1. The lowest BCUT2D eigenvalue weighted by Crippen LogP contribution is -2.09. The molecule has 0 aliphatic heterocycles. The molecule has 0 atom stereocenters. The Hall–Kier alpha value is -2.01. The van der Waals surface area contributed by atoms with E-state index in [-0.39, 0.29) is 0 Å². The van der Waals surface area contributed by atoms with Crippen molar-refractivity contribution in [3.05, 3.63) is 46.9 Å². The third-order valence-electron chi connectivity index (χ3n) is 3.51. The van der Waals surface area contributed by atoms with Gasteiger partial charge in [0.05, 0.1) is 5.39 Å². The van der Waals surface area contributed by atoms with Crippen molar-refractivity contribution in [2.24, 2.45) is 0 Å². The summed E-state index contributed by atoms with van der Waals surface area (Å²) in [6.45, 7) is 5.04. The molecule has 0 aliphatic carbocycles. The molecule has 1 N–H and O–H groups in total. The van der Waals surface area contributed by atoms with Crippen LogP contribution in [0, 0.1) is 6.92 Å². The Bertz CT molecular complexity index is 751. The summed E-state index contributed by atoms with van der Waals surface area (Å²) in [4.78, 5) is 14.4. The zero-order valence-electron chi connectivity index (χ0n) is 12.3. The second-order valence-electron chi connectivity index (χ2n) is 4.96. The first kappa shape index (κ1) is 13.9. The first-order valence-electron chi connectivity index (χ1n) is 7.15. The first-order valence-corrected chi connectivity index (χ1v) is 8.03. The third kappa shape index (κ3) is 3.03. The monoisotopic (exact) mass is 298 g/mol. The fourth-order valence-corrected chi connectivity index (χ4v) is 3.07. The van der Waals surface area contributed by atoms with Crippen molar-refractivity contribution >= 4 is 27.4 Å². The van der Waals surface area contributed by atoms with Crippen LogP contribution >= 0.6 is 11.3 Å². The van der Waals surface area contributed by atoms with Crippen molar-refractivity contribution in [3.8, 4) is 0 Å². The van der Waals surface area contributed by atoms with Crippen molar-refractivity contribution < 1.29 is 0 Å². The van der Waals surface area contributed by atoms with Crippen LogP contribution in [0.1, 0.15) is 23.9 Å². The molecule has 5 heteroatoms. The van der Waals surface area contributed by atoms with Crippen molar-refractivity contribution in [1.82, 2.24) is 15.0 Å². The van der Waals surface area contributed by atoms with Gasteiger partial charge in [0, 0.05) is 25.4 Å². The lowest BCUT2D eigenvalue weighted by molar-refractivity contribution is 0.942. The molecule has 4 nitrogen and oxygen atoms in total. The van der Waals surface area contributed by atoms with Gasteiger partial charge in [-0.05, 0) is 42.0 Å². The van der Waals surface area contributed by atoms with Gasteiger partial charge in [0.2, 0.25) is 0 Å². The lowest BCUT2D eigenvalue weighted by Gasteiger charge is -2.09. The van der Waals surface area contributed by atoms with Gasteiger partial charge in [0.1, 0.15) is 16.5 Å². The van der Waals surface area contributed by atoms with Crippen molar-refractivity contribution in [2.75, 3.05) is 11.9 Å². The van der Waals surface area contributed by atoms with E-state index < -0.39 is 0 Å². The molecular formula is C16H18N4S. The highest BCUT2D eigenvalue weighted by molar-refractivity contribution is 7.16. The minimum Gasteiger partial charge on any atom is -0.369 e. The standard InChI is InChI=1S/C16H18N4S/c1-3-14-19-15(13-6-9-21-16(13)20-14)18-8-5-12-4-7-17-10-11(12)2/h4,6-7,9-10H,3,5,8H2,1-2H3,(H,18,19,20). The largest absolute Gasteiger partial charge is 0.369 e. The Morgan fingerprint density at radius 1 is 1.24 bits per heavy atom. The minimum atomic E-state index is 0.853. The zero-order valence-corrected chi connectivity index (χ0v) is 13.1. The van der Waals surface area contributed by atoms with Crippen LogP contribution in [0.2, 0.25) is 0 Å². The highest BCUT2D eigenvalue weighted by Crippen LogP contribution is 2.25. The molecule has 3 heterocycles. The summed E-state index contributed by atoms with van der Waals surface area (Å²) in [6.07, 6.45) is 5.57. The molecule has 0 aromatic carbocycles. The number of hydrogen-bond donors (Lipinski definition) is 1. The number of nitrogens with zero attached hydrogens (tertiary/aromatic N) is 3. The first-order chi connectivity index (χ1) is 10.3. The highest BCUT2D eigenvalue weighted by Gasteiger charge is 2.07. The normalized spacial score (nSPS) is 11.0. The number of anilines is 1. The number of aryl methyl sites for hydroxylation is 2. The van der Waals surface area contributed by atoms with E-state index in [9.17, 15) is 0 Å². The molecule has 3 aromatic heterocycles. The number of thiophene rings is 1. The number of fused-ring (bicyclic) bond motifs is 1. The van der Waals surface area contributed by atoms with Crippen LogP contribution < -0.4 is 5.32 Å². The van der Waals surface area contributed by atoms with E-state index in [1.54, 1.807) is 11.3 Å². The Morgan fingerprint density at radius 2 is 2.14 bits per heavy atom. The number of pyridine rings is 1. The van der Waals surface area contributed by atoms with Crippen LogP contribution in [0.3, 0.4) is 0 Å². The van der Waals surface area contributed by atoms with Crippen molar-refractivity contribution in [1.29, 1.82) is 0 Å². The van der Waals surface area contributed by atoms with E-state index in [4.69, 9.17) is 0 Å². The van der Waals surface area contributed by atoms with Crippen LogP contribution in [0.4, 0.5) is 5.82 Å². The van der Waals surface area contributed by atoms with Crippen molar-refractivity contribution in [3.63, 3.8) is 0 Å². The maximum absolute atomic E-state index is 4.62. The summed E-state index contributed by atoms with van der Waals surface area (Å²) in [5.74, 6) is 1.84. The Labute approximate surface area is 128 Å². The molecule has 0 saturated carbocycles. The van der Waals surface area contributed by atoms with Gasteiger partial charge in [-0.3, -0.25) is 4.98 Å². The summed E-state index contributed by atoms with van der Waals surface area (Å²) in [5.41, 5.74) is 2.56. The van der Waals surface area contributed by atoms with Gasteiger partial charge >= 0.3 is 0 Å². The zero-order chi connectivity index (χ0) is 14.7. The topological polar surface area (TPSA) is 50.7 Å². The summed E-state index contributed by atoms with van der Waals surface area (Å²) >= 11 is 1.66. The van der Waals surface area contributed by atoms with Gasteiger partial charge in [0.25, 0.3) is 0 Å². The van der Waals surface area contributed by atoms with Crippen LogP contribution in [-0.2, 0) is 12.8 Å². The predicted molar refractivity (Wildman–Crippen MR) is 88.0 cm³/mol. The Balaban J connectivity index is 1.76. The second-order valence-corrected chi connectivity index (χ2v) is 5.85. The van der Waals surface area contributed by atoms with Gasteiger partial charge in [-0.2, -0.15) is 0 Å². The molecule has 0 fully saturated rings. The fraction of sp³-hybridized carbons (Fsp3) is 0.312. The molecule has 0 saturated heterocycles. The second kappa shape index (κ2) is 6.18. The molecule has 0 aliphatic rings. The number of rotatable bonds is 5. The summed E-state index contributed by atoms with van der Waals surface area (Å²) in [7, 11) is 0. The van der Waals surface area contributed by atoms with Crippen LogP contribution in [0.5, 0.6) is 0 Å². The predicted octanol–water partition coefficient (Wildman–Crippen LogP) is 3.61. The van der Waals surface area contributed by atoms with Crippen LogP contribution in [0.25, 0.3) is 10.2 Å². The Kier molecular flexibility index (Phi) is 4.10. The van der Waals surface area contributed by atoms with E-state index >= 15 is 0 Å². The third-order valence-corrected chi connectivity index (χ3v) is 4.32. The minimum absolute atomic E-state index is 0.853. The Morgan fingerprint density at radius 3 is 2.95 bits per heavy atom. The number of hydrogen-bond acceptors (Lipinski definition) is 5. The van der Waals surface area contributed by atoms with Crippen LogP contribution in [0.15, 0.2) is 29.9 Å². The molecule has 0 radical (unpaired) electrons. The van der Waals surface area contributed by atoms with E-state index in [1.165, 1.54) is 11.1 Å². The molecule has 0 unspecified atom stereocenters. The fourth-order valence-electron chi connectivity index (χ4n) is 2.29. The van der Waals surface area contributed by atoms with Gasteiger partial charge in [-0.1, -0.05) is 6.92 Å². The molecule has 108 valence electrons. The molecule has 3 rings (SSSR count). The van der Waals surface area contributed by atoms with E-state index in [0.29, 0.717) is 0 Å².